The zero-order chi connectivity index (χ0) is 10.2. The Morgan fingerprint density at radius 2 is 2.29 bits per heavy atom. The highest BCUT2D eigenvalue weighted by molar-refractivity contribution is 4.65. The normalized spacial score (nSPS) is 22.9. The van der Waals surface area contributed by atoms with Gasteiger partial charge in [-0.15, -0.1) is 0 Å². The first-order valence-corrected chi connectivity index (χ1v) is 5.72. The maximum atomic E-state index is 5.43. The Morgan fingerprint density at radius 1 is 1.43 bits per heavy atom. The summed E-state index contributed by atoms with van der Waals surface area (Å²) in [5.74, 6) is 0.753. The molecule has 0 bridgehead atoms. The van der Waals surface area contributed by atoms with Crippen molar-refractivity contribution in [1.29, 1.82) is 0 Å². The molecule has 1 unspecified atom stereocenters. The molecule has 1 atom stereocenters. The minimum Gasteiger partial charge on any atom is -0.381 e. The lowest BCUT2D eigenvalue weighted by molar-refractivity contribution is 0.0549. The van der Waals surface area contributed by atoms with E-state index in [2.05, 4.69) is 24.3 Å². The summed E-state index contributed by atoms with van der Waals surface area (Å²) in [7, 11) is 4.24. The third-order valence-corrected chi connectivity index (χ3v) is 2.65. The molecule has 1 aliphatic heterocycles. The Kier molecular flexibility index (Phi) is 6.15. The molecule has 14 heavy (non-hydrogen) atoms. The van der Waals surface area contributed by atoms with Gasteiger partial charge in [0.25, 0.3) is 0 Å². The standard InChI is InChI=1S/C11H24N2O/c1-13(2)7-4-6-12-9-11-5-3-8-14-10-11/h11-12H,3-10H2,1-2H3. The summed E-state index contributed by atoms with van der Waals surface area (Å²) in [5, 5.41) is 3.50. The van der Waals surface area contributed by atoms with Gasteiger partial charge in [0.15, 0.2) is 0 Å². The van der Waals surface area contributed by atoms with Crippen LogP contribution in [0.25, 0.3) is 0 Å². The van der Waals surface area contributed by atoms with E-state index < -0.39 is 0 Å². The summed E-state index contributed by atoms with van der Waals surface area (Å²) in [6.45, 7) is 5.37. The fraction of sp³-hybridized carbons (Fsp3) is 1.00. The monoisotopic (exact) mass is 200 g/mol. The number of ether oxygens (including phenoxy) is 1. The Balaban J connectivity index is 1.87. The van der Waals surface area contributed by atoms with E-state index in [1.807, 2.05) is 0 Å². The van der Waals surface area contributed by atoms with Gasteiger partial charge in [-0.1, -0.05) is 0 Å². The fourth-order valence-corrected chi connectivity index (χ4v) is 1.79. The van der Waals surface area contributed by atoms with Crippen LogP contribution in [0.1, 0.15) is 19.3 Å². The summed E-state index contributed by atoms with van der Waals surface area (Å²) < 4.78 is 5.43. The molecule has 0 radical (unpaired) electrons. The van der Waals surface area contributed by atoms with E-state index in [-0.39, 0.29) is 0 Å². The molecule has 1 aliphatic rings. The molecule has 0 aromatic rings. The van der Waals surface area contributed by atoms with Gasteiger partial charge in [0.2, 0.25) is 0 Å². The summed E-state index contributed by atoms with van der Waals surface area (Å²) in [4.78, 5) is 2.23. The molecule has 0 aliphatic carbocycles. The first kappa shape index (κ1) is 12.0. The summed E-state index contributed by atoms with van der Waals surface area (Å²) >= 11 is 0. The fourth-order valence-electron chi connectivity index (χ4n) is 1.79. The molecule has 0 saturated carbocycles. The molecular formula is C11H24N2O. The van der Waals surface area contributed by atoms with Crippen molar-refractivity contribution in [2.45, 2.75) is 19.3 Å². The lowest BCUT2D eigenvalue weighted by atomic mass is 10.0. The molecule has 0 amide bonds. The largest absolute Gasteiger partial charge is 0.381 e. The van der Waals surface area contributed by atoms with Gasteiger partial charge in [-0.3, -0.25) is 0 Å². The number of nitrogens with one attached hydrogen (secondary N) is 1. The van der Waals surface area contributed by atoms with Crippen LogP contribution in [0.4, 0.5) is 0 Å². The Bertz CT molecular complexity index is 133. The van der Waals surface area contributed by atoms with E-state index in [9.17, 15) is 0 Å². The minimum absolute atomic E-state index is 0.753. The summed E-state index contributed by atoms with van der Waals surface area (Å²) in [5.41, 5.74) is 0. The van der Waals surface area contributed by atoms with Crippen LogP contribution in [0.15, 0.2) is 0 Å². The number of rotatable bonds is 6. The molecule has 1 saturated heterocycles. The molecule has 84 valence electrons. The van der Waals surface area contributed by atoms with Crippen molar-refractivity contribution in [3.05, 3.63) is 0 Å². The summed E-state index contributed by atoms with van der Waals surface area (Å²) in [6.07, 6.45) is 3.81. The Hall–Kier alpha value is -0.120. The van der Waals surface area contributed by atoms with E-state index in [1.165, 1.54) is 25.8 Å². The van der Waals surface area contributed by atoms with Gasteiger partial charge in [0.1, 0.15) is 0 Å². The third-order valence-electron chi connectivity index (χ3n) is 2.65. The average Bonchev–Trinajstić information content (AvgIpc) is 2.18. The van der Waals surface area contributed by atoms with Crippen LogP contribution < -0.4 is 5.32 Å². The van der Waals surface area contributed by atoms with Gasteiger partial charge in [0, 0.05) is 13.2 Å². The van der Waals surface area contributed by atoms with Crippen LogP contribution >= 0.6 is 0 Å². The molecule has 3 heteroatoms. The van der Waals surface area contributed by atoms with E-state index in [4.69, 9.17) is 4.74 Å². The SMILES string of the molecule is CN(C)CCCNCC1CCCOC1. The topological polar surface area (TPSA) is 24.5 Å². The summed E-state index contributed by atoms with van der Waals surface area (Å²) in [6, 6.07) is 0. The van der Waals surface area contributed by atoms with E-state index >= 15 is 0 Å². The van der Waals surface area contributed by atoms with Gasteiger partial charge in [-0.2, -0.15) is 0 Å². The van der Waals surface area contributed by atoms with Crippen LogP contribution in [-0.4, -0.2) is 51.8 Å². The van der Waals surface area contributed by atoms with Crippen molar-refractivity contribution in [1.82, 2.24) is 10.2 Å². The van der Waals surface area contributed by atoms with Crippen LogP contribution in [0, 0.1) is 5.92 Å². The molecule has 1 N–H and O–H groups in total. The predicted molar refractivity (Wildman–Crippen MR) is 59.6 cm³/mol. The third kappa shape index (κ3) is 5.58. The minimum atomic E-state index is 0.753. The van der Waals surface area contributed by atoms with Crippen molar-refractivity contribution in [3.8, 4) is 0 Å². The molecule has 0 aromatic heterocycles. The van der Waals surface area contributed by atoms with Gasteiger partial charge in [0.05, 0.1) is 6.61 Å². The second-order valence-electron chi connectivity index (χ2n) is 4.44. The zero-order valence-electron chi connectivity index (χ0n) is 9.59. The molecule has 1 fully saturated rings. The van der Waals surface area contributed by atoms with Gasteiger partial charge < -0.3 is 15.0 Å². The van der Waals surface area contributed by atoms with Gasteiger partial charge in [-0.05, 0) is 52.4 Å². The lowest BCUT2D eigenvalue weighted by Crippen LogP contribution is -2.30. The van der Waals surface area contributed by atoms with Crippen molar-refractivity contribution in [3.63, 3.8) is 0 Å². The van der Waals surface area contributed by atoms with Crippen LogP contribution in [-0.2, 0) is 4.74 Å². The van der Waals surface area contributed by atoms with Gasteiger partial charge in [-0.25, -0.2) is 0 Å². The predicted octanol–water partition coefficient (Wildman–Crippen LogP) is 0.954. The van der Waals surface area contributed by atoms with Gasteiger partial charge >= 0.3 is 0 Å². The molecule has 0 aromatic carbocycles. The highest BCUT2D eigenvalue weighted by Crippen LogP contribution is 2.11. The number of hydrogen-bond acceptors (Lipinski definition) is 3. The van der Waals surface area contributed by atoms with Crippen molar-refractivity contribution < 1.29 is 4.74 Å². The Morgan fingerprint density at radius 3 is 2.93 bits per heavy atom. The smallest absolute Gasteiger partial charge is 0.0506 e. The first-order valence-electron chi connectivity index (χ1n) is 5.72. The molecule has 0 spiro atoms. The van der Waals surface area contributed by atoms with Crippen molar-refractivity contribution >= 4 is 0 Å². The second kappa shape index (κ2) is 7.21. The van der Waals surface area contributed by atoms with E-state index in [0.717, 1.165) is 32.2 Å². The quantitative estimate of drug-likeness (QED) is 0.646. The first-order chi connectivity index (χ1) is 6.79. The van der Waals surface area contributed by atoms with Crippen LogP contribution in [0.2, 0.25) is 0 Å². The number of nitrogens with zero attached hydrogens (tertiary/aromatic N) is 1. The highest BCUT2D eigenvalue weighted by Gasteiger charge is 2.12. The van der Waals surface area contributed by atoms with E-state index in [0.29, 0.717) is 0 Å². The second-order valence-corrected chi connectivity index (χ2v) is 4.44. The highest BCUT2D eigenvalue weighted by atomic mass is 16.5. The molecule has 1 heterocycles. The average molecular weight is 200 g/mol. The Labute approximate surface area is 87.8 Å². The van der Waals surface area contributed by atoms with Crippen molar-refractivity contribution in [2.24, 2.45) is 5.92 Å². The molecule has 1 rings (SSSR count). The molecule has 3 nitrogen and oxygen atoms in total. The van der Waals surface area contributed by atoms with Crippen molar-refractivity contribution in [2.75, 3.05) is 46.9 Å². The van der Waals surface area contributed by atoms with Crippen LogP contribution in [0.5, 0.6) is 0 Å². The number of hydrogen-bond donors (Lipinski definition) is 1. The lowest BCUT2D eigenvalue weighted by Gasteiger charge is -2.22. The molecular weight excluding hydrogens is 176 g/mol. The zero-order valence-corrected chi connectivity index (χ0v) is 9.59. The maximum absolute atomic E-state index is 5.43. The van der Waals surface area contributed by atoms with E-state index in [1.54, 1.807) is 0 Å². The maximum Gasteiger partial charge on any atom is 0.0506 e. The van der Waals surface area contributed by atoms with Crippen LogP contribution in [0.3, 0.4) is 0 Å².